The Balaban J connectivity index is 1.16. The Morgan fingerprint density at radius 1 is 1.14 bits per heavy atom. The highest BCUT2D eigenvalue weighted by Gasteiger charge is 2.52. The smallest absolute Gasteiger partial charge is 0.411 e. The molecule has 2 saturated heterocycles. The number of nitrogens with one attached hydrogen (secondary N) is 1. The van der Waals surface area contributed by atoms with Gasteiger partial charge in [0, 0.05) is 18.2 Å². The SMILES string of the molecule is CN1CCC2(CC1)C(=O)Nc1ccc(-c3ccc(C[C@@H](C#N)CC(=O)[C@@H]4[C@H]5CC[C@H](C5)N4C(=O)OC(C)(C)C)c(F)c3)cc12. The molecule has 2 bridgehead atoms. The van der Waals surface area contributed by atoms with Crippen LogP contribution >= 0.6 is 0 Å². The van der Waals surface area contributed by atoms with E-state index in [4.69, 9.17) is 4.74 Å². The predicted octanol–water partition coefficient (Wildman–Crippen LogP) is 5.84. The van der Waals surface area contributed by atoms with E-state index in [-0.39, 0.29) is 36.5 Å². The van der Waals surface area contributed by atoms with Crippen LogP contribution in [0.4, 0.5) is 14.9 Å². The number of anilines is 1. The summed E-state index contributed by atoms with van der Waals surface area (Å²) in [6.45, 7) is 7.08. The number of likely N-dealkylation sites (tertiary alicyclic amines) is 2. The van der Waals surface area contributed by atoms with E-state index in [9.17, 15) is 19.6 Å². The number of rotatable bonds is 6. The summed E-state index contributed by atoms with van der Waals surface area (Å²) < 4.78 is 21.1. The van der Waals surface area contributed by atoms with Gasteiger partial charge in [-0.05, 0) is 126 Å². The Bertz CT molecular complexity index is 1530. The molecule has 4 atom stereocenters. The van der Waals surface area contributed by atoms with Gasteiger partial charge in [0.15, 0.2) is 5.78 Å². The fourth-order valence-corrected chi connectivity index (χ4v) is 7.76. The Labute approximate surface area is 258 Å². The van der Waals surface area contributed by atoms with Crippen LogP contribution in [0.3, 0.4) is 0 Å². The molecule has 8 nitrogen and oxygen atoms in total. The van der Waals surface area contributed by atoms with E-state index < -0.39 is 34.9 Å². The standard InChI is InChI=1S/C35H41FN4O4/c1-34(2,3)44-33(43)40-26-9-7-25(17-26)31(40)30(41)16-21(20-37)15-24-6-5-23(19-28(24)36)22-8-10-29-27(18-22)35(32(42)38-29)11-13-39(4)14-12-35/h5-6,8,10,18-19,21,25-26,31H,7,9,11-17H2,1-4H3,(H,38,42)/t21-,25+,26-,31+/m1/s1. The Kier molecular flexibility index (Phi) is 7.77. The number of fused-ring (bicyclic) bond motifs is 4. The molecule has 1 N–H and O–H groups in total. The summed E-state index contributed by atoms with van der Waals surface area (Å²) in [6, 6.07) is 12.4. The number of carbonyl (C=O) groups excluding carboxylic acids is 3. The summed E-state index contributed by atoms with van der Waals surface area (Å²) in [7, 11) is 2.06. The maximum absolute atomic E-state index is 15.5. The molecule has 0 unspecified atom stereocenters. The lowest BCUT2D eigenvalue weighted by atomic mass is 9.73. The van der Waals surface area contributed by atoms with Crippen LogP contribution in [0.2, 0.25) is 0 Å². The van der Waals surface area contributed by atoms with Crippen LogP contribution < -0.4 is 5.32 Å². The molecule has 3 heterocycles. The second-order valence-electron chi connectivity index (χ2n) is 14.2. The van der Waals surface area contributed by atoms with Crippen molar-refractivity contribution in [2.75, 3.05) is 25.5 Å². The summed E-state index contributed by atoms with van der Waals surface area (Å²) in [6.07, 6.45) is 3.55. The highest BCUT2D eigenvalue weighted by Crippen LogP contribution is 2.47. The first-order valence-corrected chi connectivity index (χ1v) is 15.8. The van der Waals surface area contributed by atoms with E-state index in [0.717, 1.165) is 62.0 Å². The number of ether oxygens (including phenoxy) is 1. The maximum Gasteiger partial charge on any atom is 0.411 e. The molecule has 1 aliphatic carbocycles. The normalized spacial score (nSPS) is 24.6. The van der Waals surface area contributed by atoms with Gasteiger partial charge in [0.05, 0.1) is 23.4 Å². The average molecular weight is 601 g/mol. The van der Waals surface area contributed by atoms with Gasteiger partial charge in [-0.3, -0.25) is 14.5 Å². The molecule has 2 aromatic carbocycles. The molecule has 44 heavy (non-hydrogen) atoms. The zero-order valence-corrected chi connectivity index (χ0v) is 26.0. The topological polar surface area (TPSA) is 103 Å². The summed E-state index contributed by atoms with van der Waals surface area (Å²) in [4.78, 5) is 43.4. The molecule has 2 aromatic rings. The zero-order chi connectivity index (χ0) is 31.4. The summed E-state index contributed by atoms with van der Waals surface area (Å²) in [5, 5.41) is 13.0. The van der Waals surface area contributed by atoms with E-state index in [1.807, 2.05) is 24.3 Å². The van der Waals surface area contributed by atoms with E-state index in [1.165, 1.54) is 6.07 Å². The highest BCUT2D eigenvalue weighted by molar-refractivity contribution is 6.06. The Morgan fingerprint density at radius 3 is 2.52 bits per heavy atom. The number of benzene rings is 2. The lowest BCUT2D eigenvalue weighted by Gasteiger charge is -2.36. The van der Waals surface area contributed by atoms with Gasteiger partial charge in [0.2, 0.25) is 5.91 Å². The number of amides is 2. The lowest BCUT2D eigenvalue weighted by molar-refractivity contribution is -0.126. The monoisotopic (exact) mass is 600 g/mol. The van der Waals surface area contributed by atoms with Gasteiger partial charge in [-0.25, -0.2) is 9.18 Å². The van der Waals surface area contributed by atoms with Gasteiger partial charge in [-0.1, -0.05) is 18.2 Å². The number of nitriles is 1. The van der Waals surface area contributed by atoms with Crippen molar-refractivity contribution in [3.05, 3.63) is 53.3 Å². The minimum Gasteiger partial charge on any atom is -0.444 e. The van der Waals surface area contributed by atoms with Crippen molar-refractivity contribution in [1.29, 1.82) is 5.26 Å². The lowest BCUT2D eigenvalue weighted by Crippen LogP contribution is -2.51. The minimum atomic E-state index is -0.719. The zero-order valence-electron chi connectivity index (χ0n) is 26.0. The highest BCUT2D eigenvalue weighted by atomic mass is 19.1. The third-order valence-corrected chi connectivity index (χ3v) is 10.1. The summed E-state index contributed by atoms with van der Waals surface area (Å²) in [5.74, 6) is -1.20. The molecular weight excluding hydrogens is 559 g/mol. The first kappa shape index (κ1) is 30.3. The number of halogens is 1. The number of carbonyl (C=O) groups is 3. The van der Waals surface area contributed by atoms with Gasteiger partial charge >= 0.3 is 6.09 Å². The van der Waals surface area contributed by atoms with Crippen LogP contribution in [0.15, 0.2) is 36.4 Å². The van der Waals surface area contributed by atoms with Gasteiger partial charge in [-0.15, -0.1) is 0 Å². The van der Waals surface area contributed by atoms with Crippen molar-refractivity contribution in [3.63, 3.8) is 0 Å². The van der Waals surface area contributed by atoms with Crippen molar-refractivity contribution in [3.8, 4) is 17.2 Å². The van der Waals surface area contributed by atoms with Crippen molar-refractivity contribution >= 4 is 23.5 Å². The summed E-state index contributed by atoms with van der Waals surface area (Å²) >= 11 is 0. The predicted molar refractivity (Wildman–Crippen MR) is 164 cm³/mol. The van der Waals surface area contributed by atoms with Crippen molar-refractivity contribution < 1.29 is 23.5 Å². The van der Waals surface area contributed by atoms with E-state index in [0.29, 0.717) is 11.1 Å². The first-order chi connectivity index (χ1) is 20.9. The molecule has 1 spiro atoms. The Morgan fingerprint density at radius 2 is 1.84 bits per heavy atom. The van der Waals surface area contributed by atoms with Crippen molar-refractivity contribution in [1.82, 2.24) is 9.80 Å². The number of hydrogen-bond acceptors (Lipinski definition) is 6. The van der Waals surface area contributed by atoms with Gasteiger partial charge < -0.3 is 15.0 Å². The third-order valence-electron chi connectivity index (χ3n) is 10.1. The number of ketones is 1. The van der Waals surface area contributed by atoms with Crippen LogP contribution in [-0.2, 0) is 26.2 Å². The van der Waals surface area contributed by atoms with Crippen LogP contribution in [0, 0.1) is 29.0 Å². The molecule has 1 saturated carbocycles. The average Bonchev–Trinajstić information content (AvgIpc) is 3.66. The summed E-state index contributed by atoms with van der Waals surface area (Å²) in [5.41, 5.74) is 2.46. The molecule has 0 radical (unpaired) electrons. The van der Waals surface area contributed by atoms with Gasteiger partial charge in [0.25, 0.3) is 0 Å². The van der Waals surface area contributed by atoms with Gasteiger partial charge in [0.1, 0.15) is 11.4 Å². The van der Waals surface area contributed by atoms with Crippen molar-refractivity contribution in [2.24, 2.45) is 11.8 Å². The number of nitrogens with zero attached hydrogens (tertiary/aromatic N) is 3. The molecule has 3 aliphatic heterocycles. The molecule has 0 aromatic heterocycles. The quantitative estimate of drug-likeness (QED) is 0.447. The molecule has 232 valence electrons. The van der Waals surface area contributed by atoms with Crippen LogP contribution in [-0.4, -0.2) is 65.4 Å². The number of Topliss-reactive ketones (excluding diaryl/α,β-unsaturated/α-hetero) is 1. The molecule has 9 heteroatoms. The molecule has 3 fully saturated rings. The molecule has 4 aliphatic rings. The van der Waals surface area contributed by atoms with Crippen molar-refractivity contribution in [2.45, 2.75) is 88.8 Å². The number of hydrogen-bond donors (Lipinski definition) is 1. The van der Waals surface area contributed by atoms with E-state index in [2.05, 4.69) is 23.3 Å². The van der Waals surface area contributed by atoms with Crippen LogP contribution in [0.5, 0.6) is 0 Å². The van der Waals surface area contributed by atoms with E-state index >= 15 is 4.39 Å². The largest absolute Gasteiger partial charge is 0.444 e. The van der Waals surface area contributed by atoms with E-state index in [1.54, 1.807) is 31.7 Å². The third kappa shape index (κ3) is 5.49. The Hall–Kier alpha value is -3.77. The second kappa shape index (κ2) is 11.3. The molecule has 2 amide bonds. The molecular formula is C35H41FN4O4. The van der Waals surface area contributed by atoms with Crippen LogP contribution in [0.25, 0.3) is 11.1 Å². The maximum atomic E-state index is 15.5. The minimum absolute atomic E-state index is 0.0169. The first-order valence-electron chi connectivity index (χ1n) is 15.8. The second-order valence-corrected chi connectivity index (χ2v) is 14.2. The fraction of sp³-hybridized carbons (Fsp3) is 0.543. The fourth-order valence-electron chi connectivity index (χ4n) is 7.76. The van der Waals surface area contributed by atoms with Crippen LogP contribution in [0.1, 0.15) is 70.4 Å². The molecule has 6 rings (SSSR count). The number of piperidine rings is 2. The van der Waals surface area contributed by atoms with Gasteiger partial charge in [-0.2, -0.15) is 5.26 Å².